The molecule has 0 aliphatic carbocycles. The standard InChI is InChI=1S/C14H4Cl4N2O8/c15-5-1-7(17)11(9(3-5)19(23)24)27-13(21)14(22)28-12-8(18)2-6(16)4-10(12)20(25)26/h1-4H. The third kappa shape index (κ3) is 4.78. The van der Waals surface area contributed by atoms with Crippen molar-refractivity contribution in [2.45, 2.75) is 0 Å². The number of ether oxygens (including phenoxy) is 2. The Labute approximate surface area is 174 Å². The fourth-order valence-electron chi connectivity index (χ4n) is 1.84. The number of benzene rings is 2. The van der Waals surface area contributed by atoms with Crippen LogP contribution in [0.5, 0.6) is 11.5 Å². The Morgan fingerprint density at radius 3 is 1.32 bits per heavy atom. The van der Waals surface area contributed by atoms with Crippen molar-refractivity contribution in [2.24, 2.45) is 0 Å². The highest BCUT2D eigenvalue weighted by Crippen LogP contribution is 2.39. The quantitative estimate of drug-likeness (QED) is 0.207. The molecule has 0 aromatic heterocycles. The molecule has 0 amide bonds. The third-order valence-corrected chi connectivity index (χ3v) is 3.93. The van der Waals surface area contributed by atoms with Crippen LogP contribution in [0, 0.1) is 20.2 Å². The number of nitro benzene ring substituents is 2. The van der Waals surface area contributed by atoms with E-state index in [1.807, 2.05) is 0 Å². The molecule has 0 fully saturated rings. The summed E-state index contributed by atoms with van der Waals surface area (Å²) < 4.78 is 9.21. The second kappa shape index (κ2) is 8.57. The Balaban J connectivity index is 2.33. The first kappa shape index (κ1) is 21.6. The van der Waals surface area contributed by atoms with Crippen LogP contribution in [0.15, 0.2) is 24.3 Å². The van der Waals surface area contributed by atoms with Crippen molar-refractivity contribution in [3.8, 4) is 11.5 Å². The zero-order chi connectivity index (χ0) is 21.2. The highest BCUT2D eigenvalue weighted by atomic mass is 35.5. The normalized spacial score (nSPS) is 10.3. The molecular weight excluding hydrogens is 466 g/mol. The molecule has 0 aliphatic rings. The van der Waals surface area contributed by atoms with Gasteiger partial charge in [-0.1, -0.05) is 46.4 Å². The average molecular weight is 470 g/mol. The van der Waals surface area contributed by atoms with Crippen molar-refractivity contribution in [3.05, 3.63) is 64.6 Å². The van der Waals surface area contributed by atoms with Gasteiger partial charge in [-0.25, -0.2) is 9.59 Å². The third-order valence-electron chi connectivity index (χ3n) is 2.93. The summed E-state index contributed by atoms with van der Waals surface area (Å²) in [6.45, 7) is 0. The molecule has 2 aromatic rings. The summed E-state index contributed by atoms with van der Waals surface area (Å²) in [7, 11) is 0. The number of carbonyl (C=O) groups excluding carboxylic acids is 2. The van der Waals surface area contributed by atoms with E-state index >= 15 is 0 Å². The van der Waals surface area contributed by atoms with Gasteiger partial charge in [0.25, 0.3) is 0 Å². The molecule has 146 valence electrons. The van der Waals surface area contributed by atoms with Gasteiger partial charge in [-0.3, -0.25) is 20.2 Å². The predicted molar refractivity (Wildman–Crippen MR) is 97.5 cm³/mol. The lowest BCUT2D eigenvalue weighted by Crippen LogP contribution is -2.26. The van der Waals surface area contributed by atoms with E-state index in [4.69, 9.17) is 46.4 Å². The maximum absolute atomic E-state index is 11.9. The fraction of sp³-hybridized carbons (Fsp3) is 0. The number of hydrogen-bond acceptors (Lipinski definition) is 8. The van der Waals surface area contributed by atoms with Crippen LogP contribution < -0.4 is 9.47 Å². The molecule has 2 aromatic carbocycles. The van der Waals surface area contributed by atoms with Gasteiger partial charge < -0.3 is 9.47 Å². The summed E-state index contributed by atoms with van der Waals surface area (Å²) in [5.74, 6) is -5.05. The van der Waals surface area contributed by atoms with Crippen molar-refractivity contribution in [2.75, 3.05) is 0 Å². The first-order valence-corrected chi connectivity index (χ1v) is 8.23. The SMILES string of the molecule is O=C(Oc1c(Cl)cc(Cl)cc1[N+](=O)[O-])C(=O)Oc1c(Cl)cc(Cl)cc1[N+](=O)[O-]. The van der Waals surface area contributed by atoms with E-state index < -0.39 is 54.7 Å². The molecule has 0 bridgehead atoms. The monoisotopic (exact) mass is 468 g/mol. The molecule has 0 saturated carbocycles. The van der Waals surface area contributed by atoms with E-state index in [1.54, 1.807) is 0 Å². The van der Waals surface area contributed by atoms with E-state index in [9.17, 15) is 29.8 Å². The topological polar surface area (TPSA) is 139 Å². The van der Waals surface area contributed by atoms with Crippen LogP contribution in [0.25, 0.3) is 0 Å². The minimum Gasteiger partial charge on any atom is -0.409 e. The van der Waals surface area contributed by atoms with E-state index in [0.29, 0.717) is 0 Å². The molecular formula is C14H4Cl4N2O8. The first-order valence-electron chi connectivity index (χ1n) is 6.72. The van der Waals surface area contributed by atoms with E-state index in [-0.39, 0.29) is 10.0 Å². The van der Waals surface area contributed by atoms with Crippen LogP contribution in [0.1, 0.15) is 0 Å². The lowest BCUT2D eigenvalue weighted by molar-refractivity contribution is -0.385. The average Bonchev–Trinajstić information content (AvgIpc) is 2.58. The molecule has 0 atom stereocenters. The molecule has 0 N–H and O–H groups in total. The van der Waals surface area contributed by atoms with Crippen LogP contribution in [-0.2, 0) is 9.59 Å². The van der Waals surface area contributed by atoms with Crippen molar-refractivity contribution in [1.29, 1.82) is 0 Å². The molecule has 10 nitrogen and oxygen atoms in total. The van der Waals surface area contributed by atoms with Gasteiger partial charge in [-0.2, -0.15) is 0 Å². The molecule has 0 aliphatic heterocycles. The predicted octanol–water partition coefficient (Wildman–Crippen LogP) is 4.63. The largest absolute Gasteiger partial charge is 0.423 e. The van der Waals surface area contributed by atoms with Gasteiger partial charge >= 0.3 is 23.3 Å². The molecule has 0 radical (unpaired) electrons. The molecule has 0 unspecified atom stereocenters. The smallest absolute Gasteiger partial charge is 0.409 e. The van der Waals surface area contributed by atoms with Gasteiger partial charge in [0.05, 0.1) is 19.9 Å². The Hall–Kier alpha value is -2.66. The Morgan fingerprint density at radius 1 is 0.714 bits per heavy atom. The van der Waals surface area contributed by atoms with E-state index in [2.05, 4.69) is 9.47 Å². The number of rotatable bonds is 4. The summed E-state index contributed by atoms with van der Waals surface area (Å²) in [5, 5.41) is 21.0. The molecule has 0 spiro atoms. The second-order valence-corrected chi connectivity index (χ2v) is 6.45. The van der Waals surface area contributed by atoms with Gasteiger partial charge in [0, 0.05) is 22.2 Å². The van der Waals surface area contributed by atoms with Gasteiger partial charge in [-0.15, -0.1) is 0 Å². The van der Waals surface area contributed by atoms with Crippen molar-refractivity contribution >= 4 is 69.7 Å². The fourth-order valence-corrected chi connectivity index (χ4v) is 2.88. The molecule has 2 rings (SSSR count). The highest BCUT2D eigenvalue weighted by Gasteiger charge is 2.30. The van der Waals surface area contributed by atoms with Crippen molar-refractivity contribution < 1.29 is 28.9 Å². The zero-order valence-corrected chi connectivity index (χ0v) is 16.0. The Morgan fingerprint density at radius 2 is 1.04 bits per heavy atom. The number of nitrogens with zero attached hydrogens (tertiary/aromatic N) is 2. The molecule has 28 heavy (non-hydrogen) atoms. The minimum absolute atomic E-state index is 0.123. The Kier molecular flexibility index (Phi) is 6.62. The van der Waals surface area contributed by atoms with Crippen LogP contribution >= 0.6 is 46.4 Å². The molecule has 14 heteroatoms. The molecule has 0 saturated heterocycles. The summed E-state index contributed by atoms with van der Waals surface area (Å²) >= 11 is 22.8. The minimum atomic E-state index is -1.76. The second-order valence-electron chi connectivity index (χ2n) is 4.76. The van der Waals surface area contributed by atoms with Gasteiger partial charge in [-0.05, 0) is 12.1 Å². The number of esters is 2. The number of nitro groups is 2. The van der Waals surface area contributed by atoms with Crippen LogP contribution in [0.3, 0.4) is 0 Å². The first-order chi connectivity index (χ1) is 13.0. The number of halogens is 4. The maximum Gasteiger partial charge on any atom is 0.423 e. The number of hydrogen-bond donors (Lipinski definition) is 0. The van der Waals surface area contributed by atoms with Crippen molar-refractivity contribution in [1.82, 2.24) is 0 Å². The maximum atomic E-state index is 11.9. The van der Waals surface area contributed by atoms with Gasteiger partial charge in [0.2, 0.25) is 11.5 Å². The van der Waals surface area contributed by atoms with Gasteiger partial charge in [0.15, 0.2) is 0 Å². The van der Waals surface area contributed by atoms with Crippen LogP contribution in [0.4, 0.5) is 11.4 Å². The number of carbonyl (C=O) groups is 2. The Bertz CT molecular complexity index is 945. The summed E-state index contributed by atoms with van der Waals surface area (Å²) in [6, 6.07) is 3.74. The van der Waals surface area contributed by atoms with Gasteiger partial charge in [0.1, 0.15) is 0 Å². The van der Waals surface area contributed by atoms with E-state index in [1.165, 1.54) is 0 Å². The zero-order valence-electron chi connectivity index (χ0n) is 13.0. The summed E-state index contributed by atoms with van der Waals surface area (Å²) in [6.07, 6.45) is 0. The molecule has 0 heterocycles. The summed E-state index contributed by atoms with van der Waals surface area (Å²) in [5.41, 5.74) is -1.59. The van der Waals surface area contributed by atoms with Crippen LogP contribution in [-0.4, -0.2) is 21.8 Å². The lowest BCUT2D eigenvalue weighted by atomic mass is 10.3. The van der Waals surface area contributed by atoms with E-state index in [0.717, 1.165) is 24.3 Å². The lowest BCUT2D eigenvalue weighted by Gasteiger charge is -2.09. The van der Waals surface area contributed by atoms with Crippen LogP contribution in [0.2, 0.25) is 20.1 Å². The van der Waals surface area contributed by atoms with Crippen molar-refractivity contribution in [3.63, 3.8) is 0 Å². The highest BCUT2D eigenvalue weighted by molar-refractivity contribution is 6.38. The summed E-state index contributed by atoms with van der Waals surface area (Å²) in [4.78, 5) is 44.1.